The van der Waals surface area contributed by atoms with Gasteiger partial charge in [0, 0.05) is 6.92 Å². The molecule has 3 N–H and O–H groups in total. The number of carboxylic acid groups (broad SMARTS) is 1. The molecular weight excluding hydrogens is 237 g/mol. The largest absolute Gasteiger partial charge is 0.547 e. The number of hydrogen-bond donors (Lipinski definition) is 3. The van der Waals surface area contributed by atoms with Gasteiger partial charge in [0.2, 0.25) is 5.91 Å². The number of rotatable bonds is 2. The van der Waals surface area contributed by atoms with Crippen molar-refractivity contribution in [1.29, 1.82) is 0 Å². The van der Waals surface area contributed by atoms with Crippen LogP contribution in [-0.2, 0) is 11.2 Å². The summed E-state index contributed by atoms with van der Waals surface area (Å²) in [7, 11) is -1.25. The summed E-state index contributed by atoms with van der Waals surface area (Å²) in [5, 5.41) is 21.3. The first-order chi connectivity index (χ1) is 8.49. The predicted molar refractivity (Wildman–Crippen MR) is 63.3 cm³/mol. The maximum Gasteiger partial charge on any atom is 0.547 e. The van der Waals surface area contributed by atoms with Crippen LogP contribution in [0.15, 0.2) is 18.2 Å². The molecule has 1 aromatic rings. The number of aromatic carboxylic acids is 1. The van der Waals surface area contributed by atoms with Gasteiger partial charge < -0.3 is 20.1 Å². The number of para-hydroxylation sites is 1. The van der Waals surface area contributed by atoms with E-state index in [1.54, 1.807) is 12.1 Å². The van der Waals surface area contributed by atoms with Gasteiger partial charge in [-0.2, -0.15) is 0 Å². The van der Waals surface area contributed by atoms with Gasteiger partial charge in [-0.1, -0.05) is 12.1 Å². The van der Waals surface area contributed by atoms with Gasteiger partial charge >= 0.3 is 13.1 Å². The van der Waals surface area contributed by atoms with Gasteiger partial charge in [0.05, 0.1) is 11.5 Å². The molecule has 0 aliphatic carbocycles. The lowest BCUT2D eigenvalue weighted by Gasteiger charge is -2.28. The molecule has 6 nitrogen and oxygen atoms in total. The van der Waals surface area contributed by atoms with Crippen LogP contribution in [0.4, 0.5) is 0 Å². The van der Waals surface area contributed by atoms with Crippen LogP contribution in [0.2, 0.25) is 0 Å². The van der Waals surface area contributed by atoms with E-state index in [9.17, 15) is 14.6 Å². The molecule has 1 heterocycles. The number of carbonyl (C=O) groups is 2. The highest BCUT2D eigenvalue weighted by Gasteiger charge is 2.37. The molecule has 1 aliphatic heterocycles. The Balaban J connectivity index is 2.33. The second-order valence-electron chi connectivity index (χ2n) is 4.12. The third-order valence-electron chi connectivity index (χ3n) is 2.74. The Labute approximate surface area is 104 Å². The average Bonchev–Trinajstić information content (AvgIpc) is 2.28. The smallest absolute Gasteiger partial charge is 0.534 e. The molecule has 0 fully saturated rings. The van der Waals surface area contributed by atoms with Gasteiger partial charge in [-0.3, -0.25) is 4.79 Å². The molecule has 1 aliphatic rings. The van der Waals surface area contributed by atoms with E-state index in [4.69, 9.17) is 9.76 Å². The van der Waals surface area contributed by atoms with Crippen molar-refractivity contribution in [3.63, 3.8) is 0 Å². The summed E-state index contributed by atoms with van der Waals surface area (Å²) in [5.74, 6) is -1.80. The lowest BCUT2D eigenvalue weighted by atomic mass is 9.72. The minimum absolute atomic E-state index is 0.00725. The molecule has 94 valence electrons. The Hall–Kier alpha value is -2.02. The van der Waals surface area contributed by atoms with E-state index in [0.29, 0.717) is 12.0 Å². The van der Waals surface area contributed by atoms with Gasteiger partial charge in [0.25, 0.3) is 0 Å². The minimum Gasteiger partial charge on any atom is -0.534 e. The second kappa shape index (κ2) is 4.69. The van der Waals surface area contributed by atoms with E-state index in [-0.39, 0.29) is 17.2 Å². The topological polar surface area (TPSA) is 95.9 Å². The van der Waals surface area contributed by atoms with E-state index >= 15 is 0 Å². The zero-order chi connectivity index (χ0) is 13.3. The third-order valence-corrected chi connectivity index (χ3v) is 2.74. The Kier molecular flexibility index (Phi) is 3.25. The Bertz CT molecular complexity index is 504. The number of carboxylic acids is 1. The molecule has 0 bridgehead atoms. The normalized spacial score (nSPS) is 17.7. The van der Waals surface area contributed by atoms with E-state index in [1.165, 1.54) is 13.0 Å². The molecule has 1 unspecified atom stereocenters. The first-order valence-corrected chi connectivity index (χ1v) is 5.46. The monoisotopic (exact) mass is 249 g/mol. The van der Waals surface area contributed by atoms with Gasteiger partial charge in [-0.25, -0.2) is 4.79 Å². The van der Waals surface area contributed by atoms with Crippen LogP contribution in [0.1, 0.15) is 22.8 Å². The first-order valence-electron chi connectivity index (χ1n) is 5.46. The molecule has 2 rings (SSSR count). The maximum absolute atomic E-state index is 11.0. The molecule has 0 spiro atoms. The number of benzene rings is 1. The van der Waals surface area contributed by atoms with Crippen molar-refractivity contribution in [1.82, 2.24) is 5.32 Å². The second-order valence-corrected chi connectivity index (χ2v) is 4.12. The molecular formula is C11H12BNO5. The molecule has 7 heteroatoms. The van der Waals surface area contributed by atoms with Crippen molar-refractivity contribution in [2.75, 3.05) is 0 Å². The highest BCUT2D eigenvalue weighted by molar-refractivity contribution is 6.47. The predicted octanol–water partition coefficient (Wildman–Crippen LogP) is -0.156. The molecule has 1 amide bonds. The Morgan fingerprint density at radius 2 is 2.22 bits per heavy atom. The number of hydrogen-bond acceptors (Lipinski definition) is 4. The van der Waals surface area contributed by atoms with Crippen molar-refractivity contribution in [3.8, 4) is 5.75 Å². The van der Waals surface area contributed by atoms with Crippen LogP contribution in [0, 0.1) is 0 Å². The lowest BCUT2D eigenvalue weighted by molar-refractivity contribution is -0.119. The van der Waals surface area contributed by atoms with E-state index in [2.05, 4.69) is 5.32 Å². The summed E-state index contributed by atoms with van der Waals surface area (Å²) < 4.78 is 5.20. The zero-order valence-corrected chi connectivity index (χ0v) is 9.71. The molecule has 0 radical (unpaired) electrons. The van der Waals surface area contributed by atoms with Crippen LogP contribution in [0.5, 0.6) is 5.75 Å². The lowest BCUT2D eigenvalue weighted by Crippen LogP contribution is -2.52. The van der Waals surface area contributed by atoms with Crippen LogP contribution < -0.4 is 9.97 Å². The standard InChI is InChI=1S/C11H12BNO5/c1-6(14)13-9-5-7-3-2-4-8(11(15)16)10(7)18-12(9)17/h2-4,9,17H,5H2,1H3,(H,13,14)(H,15,16). The van der Waals surface area contributed by atoms with Crippen molar-refractivity contribution in [2.45, 2.75) is 19.3 Å². The molecule has 1 aromatic carbocycles. The van der Waals surface area contributed by atoms with E-state index in [1.807, 2.05) is 0 Å². The highest BCUT2D eigenvalue weighted by atomic mass is 16.5. The van der Waals surface area contributed by atoms with Crippen molar-refractivity contribution < 1.29 is 24.4 Å². The molecule has 18 heavy (non-hydrogen) atoms. The summed E-state index contributed by atoms with van der Waals surface area (Å²) in [6.07, 6.45) is 0.331. The quantitative estimate of drug-likeness (QED) is 0.633. The fourth-order valence-corrected chi connectivity index (χ4v) is 1.98. The molecule has 0 saturated heterocycles. The fraction of sp³-hybridized carbons (Fsp3) is 0.273. The summed E-state index contributed by atoms with van der Waals surface area (Å²) in [6, 6.07) is 4.73. The summed E-state index contributed by atoms with van der Waals surface area (Å²) in [5.41, 5.74) is 0.659. The van der Waals surface area contributed by atoms with Gasteiger partial charge in [0.15, 0.2) is 0 Å². The average molecular weight is 249 g/mol. The summed E-state index contributed by atoms with van der Waals surface area (Å²) in [4.78, 5) is 22.0. The van der Waals surface area contributed by atoms with Crippen LogP contribution >= 0.6 is 0 Å². The summed E-state index contributed by atoms with van der Waals surface area (Å²) in [6.45, 7) is 1.34. The van der Waals surface area contributed by atoms with Crippen molar-refractivity contribution >= 4 is 19.0 Å². The molecule has 0 saturated carbocycles. The molecule has 0 aromatic heterocycles. The first kappa shape index (κ1) is 12.4. The maximum atomic E-state index is 11.0. The van der Waals surface area contributed by atoms with Crippen molar-refractivity contribution in [2.24, 2.45) is 0 Å². The van der Waals surface area contributed by atoms with Crippen LogP contribution in [0.3, 0.4) is 0 Å². The number of fused-ring (bicyclic) bond motifs is 1. The SMILES string of the molecule is CC(=O)NC1Cc2cccc(C(=O)O)c2OB1O. The third kappa shape index (κ3) is 2.30. The summed E-state index contributed by atoms with van der Waals surface area (Å²) >= 11 is 0. The number of carbonyl (C=O) groups excluding carboxylic acids is 1. The fourth-order valence-electron chi connectivity index (χ4n) is 1.98. The number of amides is 1. The highest BCUT2D eigenvalue weighted by Crippen LogP contribution is 2.29. The minimum atomic E-state index is -1.25. The van der Waals surface area contributed by atoms with Crippen LogP contribution in [-0.4, -0.2) is 35.1 Å². The zero-order valence-electron chi connectivity index (χ0n) is 9.71. The van der Waals surface area contributed by atoms with E-state index < -0.39 is 19.0 Å². The van der Waals surface area contributed by atoms with E-state index in [0.717, 1.165) is 0 Å². The van der Waals surface area contributed by atoms with Gasteiger partial charge in [-0.05, 0) is 18.1 Å². The van der Waals surface area contributed by atoms with Crippen molar-refractivity contribution in [3.05, 3.63) is 29.3 Å². The Morgan fingerprint density at radius 1 is 1.50 bits per heavy atom. The van der Waals surface area contributed by atoms with Gasteiger partial charge in [-0.15, -0.1) is 0 Å². The van der Waals surface area contributed by atoms with Crippen LogP contribution in [0.25, 0.3) is 0 Å². The van der Waals surface area contributed by atoms with Gasteiger partial charge in [0.1, 0.15) is 5.75 Å². The molecule has 1 atom stereocenters. The Morgan fingerprint density at radius 3 is 2.83 bits per heavy atom. The number of nitrogens with one attached hydrogen (secondary N) is 1.